The summed E-state index contributed by atoms with van der Waals surface area (Å²) in [6, 6.07) is 20.8. The van der Waals surface area contributed by atoms with E-state index in [1.165, 1.54) is 15.0 Å². The predicted molar refractivity (Wildman–Crippen MR) is 131 cm³/mol. The average Bonchev–Trinajstić information content (AvgIpc) is 3.23. The van der Waals surface area contributed by atoms with Gasteiger partial charge in [-0.3, -0.25) is 4.79 Å². The van der Waals surface area contributed by atoms with Crippen LogP contribution in [0.5, 0.6) is 0 Å². The van der Waals surface area contributed by atoms with Crippen LogP contribution in [-0.4, -0.2) is 26.6 Å². The van der Waals surface area contributed by atoms with Crippen molar-refractivity contribution < 1.29 is 9.21 Å². The van der Waals surface area contributed by atoms with Gasteiger partial charge in [0.1, 0.15) is 12.0 Å². The second kappa shape index (κ2) is 8.73. The van der Waals surface area contributed by atoms with E-state index < -0.39 is 5.54 Å². The number of amides is 1. The van der Waals surface area contributed by atoms with Crippen molar-refractivity contribution in [3.8, 4) is 16.5 Å². The van der Waals surface area contributed by atoms with Gasteiger partial charge in [-0.1, -0.05) is 42.5 Å². The van der Waals surface area contributed by atoms with E-state index in [0.717, 1.165) is 11.3 Å². The van der Waals surface area contributed by atoms with Gasteiger partial charge in [-0.15, -0.1) is 21.5 Å². The maximum atomic E-state index is 12.1. The fourth-order valence-corrected chi connectivity index (χ4v) is 4.76. The lowest BCUT2D eigenvalue weighted by Gasteiger charge is -2.07. The first-order valence-electron chi connectivity index (χ1n) is 10.4. The Labute approximate surface area is 199 Å². The first kappa shape index (κ1) is 21.2. The largest absolute Gasteiger partial charge is 0.424 e. The zero-order chi connectivity index (χ0) is 22.8. The van der Waals surface area contributed by atoms with Gasteiger partial charge >= 0.3 is 0 Å². The molecule has 1 aliphatic carbocycles. The van der Waals surface area contributed by atoms with Crippen molar-refractivity contribution in [1.29, 1.82) is 5.26 Å². The zero-order valence-electron chi connectivity index (χ0n) is 17.5. The number of fused-ring (bicyclic) bond motifs is 1. The molecule has 7 nitrogen and oxygen atoms in total. The summed E-state index contributed by atoms with van der Waals surface area (Å²) in [4.78, 5) is 13.8. The molecule has 0 spiro atoms. The summed E-state index contributed by atoms with van der Waals surface area (Å²) >= 11 is 7.20. The molecule has 0 unspecified atom stereocenters. The Morgan fingerprint density at radius 3 is 2.55 bits per heavy atom. The third kappa shape index (κ3) is 4.92. The van der Waals surface area contributed by atoms with Gasteiger partial charge in [0.05, 0.1) is 17.5 Å². The SMILES string of the molecule is N#CC1(NC(=O)Cc2nnc(CC(=S)Nc3ccc(-c4cc5ccccc5s4)cc3)o2)CC1. The van der Waals surface area contributed by atoms with Crippen molar-refractivity contribution in [2.75, 3.05) is 5.32 Å². The number of thiophene rings is 1. The van der Waals surface area contributed by atoms with E-state index in [9.17, 15) is 4.79 Å². The molecular formula is C24H19N5O2S2. The predicted octanol–water partition coefficient (Wildman–Crippen LogP) is 4.65. The zero-order valence-corrected chi connectivity index (χ0v) is 19.1. The Balaban J connectivity index is 1.16. The summed E-state index contributed by atoms with van der Waals surface area (Å²) in [5, 5.41) is 24.1. The molecule has 33 heavy (non-hydrogen) atoms. The molecule has 5 rings (SSSR count). The van der Waals surface area contributed by atoms with Crippen LogP contribution in [0.25, 0.3) is 20.5 Å². The molecule has 164 valence electrons. The van der Waals surface area contributed by atoms with Crippen molar-refractivity contribution in [2.24, 2.45) is 0 Å². The summed E-state index contributed by atoms with van der Waals surface area (Å²) in [5.41, 5.74) is 1.31. The van der Waals surface area contributed by atoms with Crippen molar-refractivity contribution in [1.82, 2.24) is 15.5 Å². The summed E-state index contributed by atoms with van der Waals surface area (Å²) in [6.45, 7) is 0. The van der Waals surface area contributed by atoms with Gasteiger partial charge in [-0.05, 0) is 48.1 Å². The molecule has 9 heteroatoms. The van der Waals surface area contributed by atoms with Crippen LogP contribution in [-0.2, 0) is 17.6 Å². The van der Waals surface area contributed by atoms with Gasteiger partial charge in [0.15, 0.2) is 0 Å². The normalized spacial score (nSPS) is 13.9. The van der Waals surface area contributed by atoms with E-state index in [4.69, 9.17) is 21.9 Å². The number of nitriles is 1. The van der Waals surface area contributed by atoms with Crippen LogP contribution in [0.1, 0.15) is 24.6 Å². The summed E-state index contributed by atoms with van der Waals surface area (Å²) in [7, 11) is 0. The number of hydrogen-bond donors (Lipinski definition) is 2. The summed E-state index contributed by atoms with van der Waals surface area (Å²) in [5.74, 6) is 0.231. The molecule has 4 aromatic rings. The highest BCUT2D eigenvalue weighted by Crippen LogP contribution is 2.35. The second-order valence-electron chi connectivity index (χ2n) is 7.96. The van der Waals surface area contributed by atoms with Crippen LogP contribution in [0, 0.1) is 11.3 Å². The lowest BCUT2D eigenvalue weighted by Crippen LogP contribution is -2.36. The van der Waals surface area contributed by atoms with Gasteiger partial charge in [-0.2, -0.15) is 5.26 Å². The average molecular weight is 474 g/mol. The smallest absolute Gasteiger partial charge is 0.230 e. The maximum absolute atomic E-state index is 12.1. The molecule has 1 amide bonds. The van der Waals surface area contributed by atoms with E-state index in [-0.39, 0.29) is 24.6 Å². The van der Waals surface area contributed by atoms with Crippen LogP contribution in [0.4, 0.5) is 5.69 Å². The molecule has 0 atom stereocenters. The lowest BCUT2D eigenvalue weighted by atomic mass is 10.1. The monoisotopic (exact) mass is 473 g/mol. The molecule has 2 heterocycles. The number of benzene rings is 2. The highest BCUT2D eigenvalue weighted by molar-refractivity contribution is 7.80. The Kier molecular flexibility index (Phi) is 5.62. The van der Waals surface area contributed by atoms with Crippen LogP contribution in [0.3, 0.4) is 0 Å². The second-order valence-corrected chi connectivity index (χ2v) is 9.54. The standard InChI is InChI=1S/C24H19N5O2S2/c25-14-24(9-10-24)27-20(30)12-21-28-29-22(31-21)13-23(32)26-17-7-5-15(6-8-17)19-11-16-3-1-2-4-18(16)33-19/h1-8,11H,9-10,12-13H2,(H,26,32)(H,27,30). The van der Waals surface area contributed by atoms with Crippen LogP contribution >= 0.6 is 23.6 Å². The van der Waals surface area contributed by atoms with Crippen molar-refractivity contribution in [3.05, 3.63) is 66.4 Å². The summed E-state index contributed by atoms with van der Waals surface area (Å²) < 4.78 is 6.81. The molecule has 1 aliphatic rings. The molecule has 0 saturated heterocycles. The van der Waals surface area contributed by atoms with Gasteiger partial charge < -0.3 is 15.1 Å². The number of nitrogens with one attached hydrogen (secondary N) is 2. The first-order valence-corrected chi connectivity index (χ1v) is 11.7. The number of rotatable bonds is 7. The minimum Gasteiger partial charge on any atom is -0.424 e. The third-order valence-corrected chi connectivity index (χ3v) is 6.77. The first-order chi connectivity index (χ1) is 16.0. The Bertz CT molecular complexity index is 1350. The topological polar surface area (TPSA) is 104 Å². The molecule has 0 radical (unpaired) electrons. The molecule has 1 saturated carbocycles. The number of aromatic nitrogens is 2. The molecule has 2 N–H and O–H groups in total. The van der Waals surface area contributed by atoms with Gasteiger partial charge in [0.2, 0.25) is 17.7 Å². The number of thiocarbonyl (C=S) groups is 1. The minimum absolute atomic E-state index is 0.0597. The van der Waals surface area contributed by atoms with Crippen molar-refractivity contribution >= 4 is 50.2 Å². The van der Waals surface area contributed by atoms with Crippen LogP contribution < -0.4 is 10.6 Å². The molecular weight excluding hydrogens is 454 g/mol. The van der Waals surface area contributed by atoms with Gasteiger partial charge in [0.25, 0.3) is 0 Å². The highest BCUT2D eigenvalue weighted by Gasteiger charge is 2.44. The molecule has 0 bridgehead atoms. The quantitative estimate of drug-likeness (QED) is 0.377. The third-order valence-electron chi connectivity index (χ3n) is 5.35. The van der Waals surface area contributed by atoms with Crippen molar-refractivity contribution in [3.63, 3.8) is 0 Å². The molecule has 2 aromatic carbocycles. The summed E-state index contributed by atoms with van der Waals surface area (Å²) in [6.07, 6.45) is 1.56. The number of hydrogen-bond acceptors (Lipinski definition) is 7. The van der Waals surface area contributed by atoms with Crippen LogP contribution in [0.15, 0.2) is 59.0 Å². The Morgan fingerprint density at radius 2 is 1.85 bits per heavy atom. The van der Waals surface area contributed by atoms with Gasteiger partial charge in [-0.25, -0.2) is 0 Å². The maximum Gasteiger partial charge on any atom is 0.230 e. The van der Waals surface area contributed by atoms with Gasteiger partial charge in [0, 0.05) is 15.3 Å². The molecule has 0 aliphatic heterocycles. The lowest BCUT2D eigenvalue weighted by molar-refractivity contribution is -0.121. The Morgan fingerprint density at radius 1 is 1.12 bits per heavy atom. The van der Waals surface area contributed by atoms with E-state index >= 15 is 0 Å². The van der Waals surface area contributed by atoms with Crippen molar-refractivity contribution in [2.45, 2.75) is 31.2 Å². The Hall–Kier alpha value is -3.61. The number of carbonyl (C=O) groups is 1. The minimum atomic E-state index is -0.710. The van der Waals surface area contributed by atoms with E-state index in [1.807, 2.05) is 18.2 Å². The highest BCUT2D eigenvalue weighted by atomic mass is 32.1. The number of nitrogens with zero attached hydrogens (tertiary/aromatic N) is 3. The fourth-order valence-electron chi connectivity index (χ4n) is 3.45. The van der Waals surface area contributed by atoms with E-state index in [2.05, 4.69) is 63.3 Å². The molecule has 1 fully saturated rings. The molecule has 2 aromatic heterocycles. The number of carbonyl (C=O) groups excluding carboxylic acids is 1. The number of anilines is 1. The van der Waals surface area contributed by atoms with E-state index in [1.54, 1.807) is 11.3 Å². The fraction of sp³-hybridized carbons (Fsp3) is 0.208. The van der Waals surface area contributed by atoms with Crippen LogP contribution in [0.2, 0.25) is 0 Å². The van der Waals surface area contributed by atoms with E-state index in [0.29, 0.717) is 23.7 Å².